The summed E-state index contributed by atoms with van der Waals surface area (Å²) in [6, 6.07) is 5.75. The van der Waals surface area contributed by atoms with Crippen LogP contribution in [-0.4, -0.2) is 23.5 Å². The molecule has 0 unspecified atom stereocenters. The first-order chi connectivity index (χ1) is 11.0. The molecule has 1 aromatic heterocycles. The molecule has 3 N–H and O–H groups in total. The SMILES string of the molecule is O=C(NCC[C@@H](O)c1ccco1)C(=O)Nc1ccc(F)cc1F. The van der Waals surface area contributed by atoms with Crippen molar-refractivity contribution < 1.29 is 27.9 Å². The minimum Gasteiger partial charge on any atom is -0.467 e. The van der Waals surface area contributed by atoms with Gasteiger partial charge in [0, 0.05) is 12.6 Å². The number of hydrogen-bond acceptors (Lipinski definition) is 4. The highest BCUT2D eigenvalue weighted by Gasteiger charge is 2.17. The lowest BCUT2D eigenvalue weighted by atomic mass is 10.2. The molecule has 2 aromatic rings. The van der Waals surface area contributed by atoms with Crippen LogP contribution >= 0.6 is 0 Å². The number of hydrogen-bond donors (Lipinski definition) is 3. The minimum absolute atomic E-state index is 0.0139. The molecule has 1 heterocycles. The monoisotopic (exact) mass is 324 g/mol. The number of nitrogens with one attached hydrogen (secondary N) is 2. The molecule has 2 rings (SSSR count). The third-order valence-electron chi connectivity index (χ3n) is 2.96. The van der Waals surface area contributed by atoms with Gasteiger partial charge in [-0.3, -0.25) is 9.59 Å². The van der Waals surface area contributed by atoms with Crippen LogP contribution in [0.1, 0.15) is 18.3 Å². The average molecular weight is 324 g/mol. The molecule has 0 aliphatic rings. The Labute approximate surface area is 130 Å². The van der Waals surface area contributed by atoms with E-state index in [4.69, 9.17) is 4.42 Å². The molecule has 0 radical (unpaired) electrons. The summed E-state index contributed by atoms with van der Waals surface area (Å²) in [6.07, 6.45) is 0.627. The van der Waals surface area contributed by atoms with Crippen molar-refractivity contribution in [1.82, 2.24) is 5.32 Å². The molecule has 6 nitrogen and oxygen atoms in total. The molecule has 0 saturated carbocycles. The largest absolute Gasteiger partial charge is 0.467 e. The van der Waals surface area contributed by atoms with Crippen LogP contribution in [0.25, 0.3) is 0 Å². The van der Waals surface area contributed by atoms with Gasteiger partial charge in [-0.25, -0.2) is 8.78 Å². The van der Waals surface area contributed by atoms with Gasteiger partial charge < -0.3 is 20.2 Å². The van der Waals surface area contributed by atoms with Crippen LogP contribution in [0.4, 0.5) is 14.5 Å². The average Bonchev–Trinajstić information content (AvgIpc) is 3.04. The first kappa shape index (κ1) is 16.6. The van der Waals surface area contributed by atoms with Crippen molar-refractivity contribution in [3.63, 3.8) is 0 Å². The second kappa shape index (κ2) is 7.50. The van der Waals surface area contributed by atoms with Crippen LogP contribution in [0, 0.1) is 11.6 Å². The molecule has 0 aliphatic heterocycles. The molecule has 0 saturated heterocycles. The first-order valence-electron chi connectivity index (χ1n) is 6.73. The van der Waals surface area contributed by atoms with Gasteiger partial charge in [0.25, 0.3) is 0 Å². The number of halogens is 2. The molecule has 0 aliphatic carbocycles. The minimum atomic E-state index is -1.09. The molecule has 1 aromatic carbocycles. The zero-order valence-corrected chi connectivity index (χ0v) is 11.9. The van der Waals surface area contributed by atoms with E-state index in [1.807, 2.05) is 5.32 Å². The molecule has 8 heteroatoms. The summed E-state index contributed by atoms with van der Waals surface area (Å²) in [5, 5.41) is 14.0. The van der Waals surface area contributed by atoms with Crippen molar-refractivity contribution in [2.75, 3.05) is 11.9 Å². The van der Waals surface area contributed by atoms with Crippen LogP contribution in [0.15, 0.2) is 41.0 Å². The number of carbonyl (C=O) groups is 2. The zero-order valence-electron chi connectivity index (χ0n) is 11.9. The second-order valence-corrected chi connectivity index (χ2v) is 4.65. The Balaban J connectivity index is 1.80. The molecular weight excluding hydrogens is 310 g/mol. The van der Waals surface area contributed by atoms with Gasteiger partial charge in [-0.15, -0.1) is 0 Å². The van der Waals surface area contributed by atoms with Crippen LogP contribution in [-0.2, 0) is 9.59 Å². The lowest BCUT2D eigenvalue weighted by Crippen LogP contribution is -2.36. The summed E-state index contributed by atoms with van der Waals surface area (Å²) >= 11 is 0. The van der Waals surface area contributed by atoms with Gasteiger partial charge in [0.05, 0.1) is 12.0 Å². The van der Waals surface area contributed by atoms with E-state index in [0.717, 1.165) is 12.1 Å². The van der Waals surface area contributed by atoms with Crippen LogP contribution < -0.4 is 10.6 Å². The van der Waals surface area contributed by atoms with Crippen molar-refractivity contribution in [1.29, 1.82) is 0 Å². The predicted molar refractivity (Wildman–Crippen MR) is 76.3 cm³/mol. The predicted octanol–water partition coefficient (Wildman–Crippen LogP) is 1.74. The highest BCUT2D eigenvalue weighted by atomic mass is 19.1. The Morgan fingerprint density at radius 2 is 2.00 bits per heavy atom. The second-order valence-electron chi connectivity index (χ2n) is 4.65. The maximum atomic E-state index is 13.4. The fourth-order valence-electron chi connectivity index (χ4n) is 1.80. The van der Waals surface area contributed by atoms with E-state index in [0.29, 0.717) is 11.8 Å². The molecule has 1 atom stereocenters. The summed E-state index contributed by atoms with van der Waals surface area (Å²) in [7, 11) is 0. The quantitative estimate of drug-likeness (QED) is 0.731. The number of rotatable bonds is 5. The van der Waals surface area contributed by atoms with Crippen molar-refractivity contribution in [3.05, 3.63) is 54.0 Å². The third-order valence-corrected chi connectivity index (χ3v) is 2.96. The Bertz CT molecular complexity index is 689. The molecule has 122 valence electrons. The highest BCUT2D eigenvalue weighted by Crippen LogP contribution is 2.16. The normalized spacial score (nSPS) is 11.8. The summed E-state index contributed by atoms with van der Waals surface area (Å²) in [5.74, 6) is -3.53. The lowest BCUT2D eigenvalue weighted by molar-refractivity contribution is -0.136. The number of amides is 2. The molecule has 23 heavy (non-hydrogen) atoms. The van der Waals surface area contributed by atoms with E-state index in [1.54, 1.807) is 12.1 Å². The van der Waals surface area contributed by atoms with Crippen LogP contribution in [0.2, 0.25) is 0 Å². The highest BCUT2D eigenvalue weighted by molar-refractivity contribution is 6.39. The number of aliphatic hydroxyl groups is 1. The molecule has 0 bridgehead atoms. The van der Waals surface area contributed by atoms with Crippen molar-refractivity contribution in [3.8, 4) is 0 Å². The zero-order chi connectivity index (χ0) is 16.8. The number of benzene rings is 1. The van der Waals surface area contributed by atoms with Crippen molar-refractivity contribution in [2.24, 2.45) is 0 Å². The smallest absolute Gasteiger partial charge is 0.313 e. The van der Waals surface area contributed by atoms with Crippen molar-refractivity contribution in [2.45, 2.75) is 12.5 Å². The van der Waals surface area contributed by atoms with Crippen LogP contribution in [0.3, 0.4) is 0 Å². The summed E-state index contributed by atoms with van der Waals surface area (Å²) in [4.78, 5) is 23.2. The van der Waals surface area contributed by atoms with Gasteiger partial charge >= 0.3 is 11.8 Å². The Morgan fingerprint density at radius 1 is 1.22 bits per heavy atom. The topological polar surface area (TPSA) is 91.6 Å². The van der Waals surface area contributed by atoms with Crippen LogP contribution in [0.5, 0.6) is 0 Å². The summed E-state index contributed by atoms with van der Waals surface area (Å²) < 4.78 is 31.1. The van der Waals surface area contributed by atoms with E-state index < -0.39 is 29.6 Å². The fourth-order valence-corrected chi connectivity index (χ4v) is 1.80. The van der Waals surface area contributed by atoms with E-state index in [-0.39, 0.29) is 18.7 Å². The summed E-state index contributed by atoms with van der Waals surface area (Å²) in [6.45, 7) is 0.0139. The standard InChI is InChI=1S/C15H14F2N2O4/c16-9-3-4-11(10(17)8-9)19-15(22)14(21)18-6-5-12(20)13-2-1-7-23-13/h1-4,7-8,12,20H,5-6H2,(H,18,21)(H,19,22)/t12-/m1/s1. The number of carbonyl (C=O) groups excluding carboxylic acids is 2. The van der Waals surface area contributed by atoms with E-state index >= 15 is 0 Å². The van der Waals surface area contributed by atoms with Gasteiger partial charge in [0.2, 0.25) is 0 Å². The molecule has 0 spiro atoms. The molecule has 0 fully saturated rings. The molecule has 2 amide bonds. The first-order valence-corrected chi connectivity index (χ1v) is 6.73. The Hall–Kier alpha value is -2.74. The van der Waals surface area contributed by atoms with E-state index in [2.05, 4.69) is 5.32 Å². The maximum Gasteiger partial charge on any atom is 0.313 e. The van der Waals surface area contributed by atoms with Gasteiger partial charge in [-0.2, -0.15) is 0 Å². The Kier molecular flexibility index (Phi) is 5.42. The maximum absolute atomic E-state index is 13.4. The van der Waals surface area contributed by atoms with Crippen molar-refractivity contribution >= 4 is 17.5 Å². The van der Waals surface area contributed by atoms with Gasteiger partial charge in [0.1, 0.15) is 23.5 Å². The van der Waals surface area contributed by atoms with Gasteiger partial charge in [-0.05, 0) is 30.7 Å². The lowest BCUT2D eigenvalue weighted by Gasteiger charge is -2.09. The number of aliphatic hydroxyl groups excluding tert-OH is 1. The van der Waals surface area contributed by atoms with E-state index in [1.165, 1.54) is 6.26 Å². The Morgan fingerprint density at radius 3 is 2.65 bits per heavy atom. The summed E-state index contributed by atoms with van der Waals surface area (Å²) in [5.41, 5.74) is -0.304. The van der Waals surface area contributed by atoms with E-state index in [9.17, 15) is 23.5 Å². The third kappa shape index (κ3) is 4.62. The van der Waals surface area contributed by atoms with Gasteiger partial charge in [-0.1, -0.05) is 0 Å². The fraction of sp³-hybridized carbons (Fsp3) is 0.200. The number of furan rings is 1. The number of anilines is 1. The molecular formula is C15H14F2N2O4. The van der Waals surface area contributed by atoms with Gasteiger partial charge in [0.15, 0.2) is 0 Å².